The third kappa shape index (κ3) is 2.26. The summed E-state index contributed by atoms with van der Waals surface area (Å²) >= 11 is 1.99. The summed E-state index contributed by atoms with van der Waals surface area (Å²) in [6.07, 6.45) is 0. The first kappa shape index (κ1) is 11.1. The number of benzene rings is 1. The van der Waals surface area contributed by atoms with Crippen molar-refractivity contribution in [3.05, 3.63) is 29.3 Å². The van der Waals surface area contributed by atoms with Crippen LogP contribution in [0.1, 0.15) is 22.8 Å². The molecule has 0 aromatic heterocycles. The lowest BCUT2D eigenvalue weighted by Crippen LogP contribution is -2.21. The van der Waals surface area contributed by atoms with Crippen molar-refractivity contribution in [1.82, 2.24) is 0 Å². The number of carbonyl (C=O) groups is 1. The smallest absolute Gasteiger partial charge is 0.347 e. The lowest BCUT2D eigenvalue weighted by molar-refractivity contribution is 0.0656. The fourth-order valence-corrected chi connectivity index (χ4v) is 1.05. The van der Waals surface area contributed by atoms with Gasteiger partial charge in [-0.05, 0) is 29.4 Å². The van der Waals surface area contributed by atoms with Gasteiger partial charge in [0.25, 0.3) is 0 Å². The largest absolute Gasteiger partial charge is 0.422 e. The maximum atomic E-state index is 10.7. The highest BCUT2D eigenvalue weighted by molar-refractivity contribution is 14.1. The molecule has 0 N–H and O–H groups in total. The summed E-state index contributed by atoms with van der Waals surface area (Å²) in [5.74, 6) is 3.20. The van der Waals surface area contributed by atoms with Crippen LogP contribution < -0.4 is 4.74 Å². The highest BCUT2D eigenvalue weighted by Crippen LogP contribution is 2.31. The van der Waals surface area contributed by atoms with E-state index in [0.717, 1.165) is 11.3 Å². The van der Waals surface area contributed by atoms with Gasteiger partial charge < -0.3 is 4.74 Å². The van der Waals surface area contributed by atoms with Gasteiger partial charge in [-0.15, -0.1) is 0 Å². The normalized spacial score (nSPS) is 10.6. The van der Waals surface area contributed by atoms with Crippen LogP contribution in [0.15, 0.2) is 18.2 Å². The summed E-state index contributed by atoms with van der Waals surface area (Å²) in [4.78, 5) is 10.7. The van der Waals surface area contributed by atoms with Crippen molar-refractivity contribution in [2.45, 2.75) is 13.8 Å². The van der Waals surface area contributed by atoms with Crippen LogP contribution in [0.2, 0.25) is 0 Å². The van der Waals surface area contributed by atoms with E-state index >= 15 is 0 Å². The van der Waals surface area contributed by atoms with E-state index in [-0.39, 0.29) is 5.97 Å². The molecule has 0 radical (unpaired) electrons. The predicted octanol–water partition coefficient (Wildman–Crippen LogP) is 2.93. The zero-order valence-electron chi connectivity index (χ0n) is 7.93. The molecule has 1 aliphatic heterocycles. The van der Waals surface area contributed by atoms with Crippen LogP contribution in [0.5, 0.6) is 5.75 Å². The van der Waals surface area contributed by atoms with Gasteiger partial charge in [0.1, 0.15) is 11.3 Å². The topological polar surface area (TPSA) is 26.3 Å². The Kier molecular flexibility index (Phi) is 3.96. The van der Waals surface area contributed by atoms with Crippen molar-refractivity contribution in [1.29, 1.82) is 0 Å². The van der Waals surface area contributed by atoms with Crippen molar-refractivity contribution in [3.8, 4) is 15.6 Å². The summed E-state index contributed by atoms with van der Waals surface area (Å²) in [5.41, 5.74) is 1.73. The minimum absolute atomic E-state index is 0.210. The summed E-state index contributed by atoms with van der Waals surface area (Å²) in [6.45, 7) is 3.73. The van der Waals surface area contributed by atoms with E-state index < -0.39 is 0 Å². The van der Waals surface area contributed by atoms with Gasteiger partial charge in [0.2, 0.25) is 0 Å². The van der Waals surface area contributed by atoms with Gasteiger partial charge in [0.05, 0.1) is 0 Å². The Labute approximate surface area is 96.8 Å². The van der Waals surface area contributed by atoms with E-state index in [4.69, 9.17) is 4.74 Å². The quantitative estimate of drug-likeness (QED) is 0.418. The summed E-state index contributed by atoms with van der Waals surface area (Å²) < 4.78 is 7.43. The number of halogens is 1. The second kappa shape index (κ2) is 5.01. The lowest BCUT2D eigenvalue weighted by atomic mass is 10.1. The molecule has 0 saturated carbocycles. The molecule has 2 nitrogen and oxygen atoms in total. The second-order valence-electron chi connectivity index (χ2n) is 2.69. The van der Waals surface area contributed by atoms with Crippen molar-refractivity contribution < 1.29 is 9.53 Å². The first-order chi connectivity index (χ1) is 6.70. The Morgan fingerprint density at radius 2 is 2.07 bits per heavy atom. The van der Waals surface area contributed by atoms with E-state index in [9.17, 15) is 4.79 Å². The van der Waals surface area contributed by atoms with Crippen LogP contribution in [0.4, 0.5) is 0 Å². The van der Waals surface area contributed by atoms with Crippen molar-refractivity contribution in [2.75, 3.05) is 0 Å². The van der Waals surface area contributed by atoms with E-state index in [1.807, 2.05) is 48.6 Å². The molecule has 0 amide bonds. The van der Waals surface area contributed by atoms with Gasteiger partial charge in [-0.1, -0.05) is 18.1 Å². The molecule has 0 aliphatic carbocycles. The van der Waals surface area contributed by atoms with Gasteiger partial charge in [-0.2, -0.15) is 0 Å². The third-order valence-corrected chi connectivity index (χ3v) is 2.26. The Morgan fingerprint density at radius 1 is 1.43 bits per heavy atom. The maximum absolute atomic E-state index is 10.7. The Bertz CT molecular complexity index is 407. The third-order valence-electron chi connectivity index (χ3n) is 1.72. The minimum atomic E-state index is -0.210. The number of carbonyl (C=O) groups excluding carboxylic acids is 1. The average Bonchev–Trinajstić information content (AvgIpc) is 2.20. The number of aryl methyl sites for hydroxylation is 1. The SMILES string of the molecule is CC#CI.Cc1cccc2c1OC2=O. The first-order valence-electron chi connectivity index (χ1n) is 4.05. The van der Waals surface area contributed by atoms with E-state index in [0.29, 0.717) is 5.56 Å². The lowest BCUT2D eigenvalue weighted by Gasteiger charge is -2.18. The number of hydrogen-bond acceptors (Lipinski definition) is 2. The van der Waals surface area contributed by atoms with Gasteiger partial charge in [-0.25, -0.2) is 4.79 Å². The maximum Gasteiger partial charge on any atom is 0.347 e. The fourth-order valence-electron chi connectivity index (χ4n) is 1.05. The standard InChI is InChI=1S/C8H6O2.C3H3I/c1-5-3-2-4-6-7(5)10-8(6)9;1-2-3-4/h2-4H,1H3;1H3. The Balaban J connectivity index is 0.000000213. The van der Waals surface area contributed by atoms with Crippen LogP contribution in [-0.4, -0.2) is 5.97 Å². The van der Waals surface area contributed by atoms with Gasteiger partial charge in [0, 0.05) is 22.6 Å². The van der Waals surface area contributed by atoms with Gasteiger partial charge >= 0.3 is 5.97 Å². The fraction of sp³-hybridized carbons (Fsp3) is 0.182. The molecule has 2 rings (SSSR count). The molecular weight excluding hydrogens is 291 g/mol. The van der Waals surface area contributed by atoms with Crippen LogP contribution in [0.3, 0.4) is 0 Å². The molecule has 0 spiro atoms. The highest BCUT2D eigenvalue weighted by atomic mass is 127. The molecule has 0 unspecified atom stereocenters. The zero-order valence-corrected chi connectivity index (χ0v) is 10.1. The molecule has 1 aromatic carbocycles. The number of esters is 1. The number of hydrogen-bond donors (Lipinski definition) is 0. The molecule has 3 heteroatoms. The number of fused-ring (bicyclic) bond motifs is 1. The van der Waals surface area contributed by atoms with Crippen molar-refractivity contribution >= 4 is 28.6 Å². The van der Waals surface area contributed by atoms with Crippen LogP contribution in [0.25, 0.3) is 0 Å². The van der Waals surface area contributed by atoms with Crippen molar-refractivity contribution in [2.24, 2.45) is 0 Å². The molecular formula is C11H9IO2. The molecule has 1 aromatic rings. The zero-order chi connectivity index (χ0) is 10.6. The van der Waals surface area contributed by atoms with E-state index in [1.54, 1.807) is 6.07 Å². The molecule has 0 atom stereocenters. The average molecular weight is 300 g/mol. The Morgan fingerprint density at radius 3 is 2.50 bits per heavy atom. The second-order valence-corrected chi connectivity index (χ2v) is 3.22. The molecule has 72 valence electrons. The predicted molar refractivity (Wildman–Crippen MR) is 63.6 cm³/mol. The van der Waals surface area contributed by atoms with Gasteiger partial charge in [-0.3, -0.25) is 0 Å². The first-order valence-corrected chi connectivity index (χ1v) is 5.12. The van der Waals surface area contributed by atoms with E-state index in [1.165, 1.54) is 0 Å². The summed E-state index contributed by atoms with van der Waals surface area (Å²) in [6, 6.07) is 5.55. The highest BCUT2D eigenvalue weighted by Gasteiger charge is 2.26. The van der Waals surface area contributed by atoms with E-state index in [2.05, 4.69) is 9.85 Å². The molecule has 0 saturated heterocycles. The molecule has 0 fully saturated rings. The monoisotopic (exact) mass is 300 g/mol. The number of para-hydroxylation sites is 1. The number of ether oxygens (including phenoxy) is 1. The van der Waals surface area contributed by atoms with Crippen LogP contribution in [0, 0.1) is 16.8 Å². The minimum Gasteiger partial charge on any atom is -0.422 e. The molecule has 0 bridgehead atoms. The van der Waals surface area contributed by atoms with Crippen LogP contribution >= 0.6 is 22.6 Å². The summed E-state index contributed by atoms with van der Waals surface area (Å²) in [5, 5.41) is 0. The Hall–Kier alpha value is -1.02. The number of rotatable bonds is 0. The molecule has 14 heavy (non-hydrogen) atoms. The van der Waals surface area contributed by atoms with Crippen LogP contribution in [-0.2, 0) is 0 Å². The van der Waals surface area contributed by atoms with Gasteiger partial charge in [0.15, 0.2) is 0 Å². The summed E-state index contributed by atoms with van der Waals surface area (Å²) in [7, 11) is 0. The molecule has 1 aliphatic rings. The van der Waals surface area contributed by atoms with Crippen molar-refractivity contribution in [3.63, 3.8) is 0 Å². The molecule has 1 heterocycles.